The Morgan fingerprint density at radius 2 is 2.11 bits per heavy atom. The molecule has 0 aromatic carbocycles. The second kappa shape index (κ2) is 4.72. The van der Waals surface area contributed by atoms with Crippen molar-refractivity contribution >= 4 is 17.0 Å². The van der Waals surface area contributed by atoms with Crippen LogP contribution in [-0.4, -0.2) is 14.8 Å². The number of hydrogen-bond donors (Lipinski definition) is 1. The van der Waals surface area contributed by atoms with E-state index in [0.29, 0.717) is 0 Å². The Morgan fingerprint density at radius 3 is 2.61 bits per heavy atom. The summed E-state index contributed by atoms with van der Waals surface area (Å²) in [5.74, 6) is 0. The van der Waals surface area contributed by atoms with Gasteiger partial charge in [0.1, 0.15) is 5.01 Å². The van der Waals surface area contributed by atoms with Gasteiger partial charge in [0.15, 0.2) is 0 Å². The molecule has 0 atom stereocenters. The smallest absolute Gasteiger partial charge is 0.112 e. The number of hydrogen-bond acceptors (Lipinski definition) is 4. The maximum absolute atomic E-state index is 4.66. The van der Waals surface area contributed by atoms with Crippen LogP contribution < -0.4 is 5.32 Å². The van der Waals surface area contributed by atoms with Gasteiger partial charge in [-0.05, 0) is 6.92 Å². The highest BCUT2D eigenvalue weighted by atomic mass is 32.1. The lowest BCUT2D eigenvalue weighted by Crippen LogP contribution is -2.11. The Kier molecular flexibility index (Phi) is 3.43. The third-order valence-corrected chi connectivity index (χ3v) is 3.61. The summed E-state index contributed by atoms with van der Waals surface area (Å²) in [6.45, 7) is 9.32. The summed E-state index contributed by atoms with van der Waals surface area (Å²) in [6.07, 6.45) is 1.99. The van der Waals surface area contributed by atoms with E-state index in [-0.39, 0.29) is 5.41 Å². The zero-order valence-electron chi connectivity index (χ0n) is 11.6. The van der Waals surface area contributed by atoms with E-state index in [1.165, 1.54) is 0 Å². The molecule has 2 aromatic rings. The van der Waals surface area contributed by atoms with Crippen molar-refractivity contribution in [2.24, 2.45) is 7.05 Å². The maximum atomic E-state index is 4.66. The average Bonchev–Trinajstić information content (AvgIpc) is 2.81. The van der Waals surface area contributed by atoms with Gasteiger partial charge in [0.2, 0.25) is 0 Å². The molecule has 0 spiro atoms. The number of aromatic nitrogens is 3. The minimum Gasteiger partial charge on any atom is -0.376 e. The lowest BCUT2D eigenvalue weighted by atomic mass is 9.93. The average molecular weight is 264 g/mol. The molecular weight excluding hydrogens is 244 g/mol. The van der Waals surface area contributed by atoms with Crippen molar-refractivity contribution in [3.05, 3.63) is 28.0 Å². The Balaban J connectivity index is 2.03. The second-order valence-corrected chi connectivity index (χ2v) is 6.47. The molecule has 0 saturated carbocycles. The van der Waals surface area contributed by atoms with E-state index in [2.05, 4.69) is 41.6 Å². The van der Waals surface area contributed by atoms with Crippen LogP contribution in [-0.2, 0) is 19.0 Å². The van der Waals surface area contributed by atoms with Crippen molar-refractivity contribution in [2.75, 3.05) is 5.32 Å². The van der Waals surface area contributed by atoms with Gasteiger partial charge in [-0.25, -0.2) is 4.98 Å². The summed E-state index contributed by atoms with van der Waals surface area (Å²) in [6, 6.07) is 0. The van der Waals surface area contributed by atoms with Crippen LogP contribution in [0.2, 0.25) is 0 Å². The first-order valence-corrected chi connectivity index (χ1v) is 6.93. The van der Waals surface area contributed by atoms with E-state index in [4.69, 9.17) is 0 Å². The molecule has 18 heavy (non-hydrogen) atoms. The Hall–Kier alpha value is -1.36. The van der Waals surface area contributed by atoms with E-state index < -0.39 is 0 Å². The van der Waals surface area contributed by atoms with Crippen molar-refractivity contribution in [3.8, 4) is 0 Å². The molecule has 0 saturated heterocycles. The highest BCUT2D eigenvalue weighted by Crippen LogP contribution is 2.24. The van der Waals surface area contributed by atoms with E-state index in [9.17, 15) is 0 Å². The van der Waals surface area contributed by atoms with Crippen molar-refractivity contribution in [1.82, 2.24) is 14.8 Å². The van der Waals surface area contributed by atoms with Gasteiger partial charge in [0.05, 0.1) is 23.6 Å². The van der Waals surface area contributed by atoms with Gasteiger partial charge in [-0.2, -0.15) is 5.10 Å². The highest BCUT2D eigenvalue weighted by molar-refractivity contribution is 7.09. The standard InChI is InChI=1S/C13H20N4S/c1-9-10(7-17(5)16-9)14-6-12-15-11(8-18-12)13(2,3)4/h7-8,14H,6H2,1-5H3. The number of nitrogens with one attached hydrogen (secondary N) is 1. The molecule has 1 N–H and O–H groups in total. The summed E-state index contributed by atoms with van der Waals surface area (Å²) < 4.78 is 1.82. The van der Waals surface area contributed by atoms with Gasteiger partial charge in [-0.15, -0.1) is 11.3 Å². The van der Waals surface area contributed by atoms with Crippen LogP contribution in [0.1, 0.15) is 37.2 Å². The third-order valence-electron chi connectivity index (χ3n) is 2.76. The first-order valence-electron chi connectivity index (χ1n) is 6.05. The number of anilines is 1. The lowest BCUT2D eigenvalue weighted by molar-refractivity contribution is 0.571. The Labute approximate surface area is 112 Å². The van der Waals surface area contributed by atoms with E-state index in [0.717, 1.165) is 28.6 Å². The summed E-state index contributed by atoms with van der Waals surface area (Å²) in [5.41, 5.74) is 3.38. The quantitative estimate of drug-likeness (QED) is 0.926. The van der Waals surface area contributed by atoms with Gasteiger partial charge in [-0.3, -0.25) is 4.68 Å². The molecule has 98 valence electrons. The Bertz CT molecular complexity index is 533. The third kappa shape index (κ3) is 2.90. The van der Waals surface area contributed by atoms with Crippen LogP contribution in [0, 0.1) is 6.92 Å². The summed E-state index contributed by atoms with van der Waals surface area (Å²) in [7, 11) is 1.93. The first-order chi connectivity index (χ1) is 8.36. The molecule has 5 heteroatoms. The largest absolute Gasteiger partial charge is 0.376 e. The van der Waals surface area contributed by atoms with Crippen LogP contribution in [0.25, 0.3) is 0 Å². The van der Waals surface area contributed by atoms with Gasteiger partial charge >= 0.3 is 0 Å². The molecule has 2 rings (SSSR count). The fourth-order valence-electron chi connectivity index (χ4n) is 1.68. The van der Waals surface area contributed by atoms with E-state index in [1.54, 1.807) is 11.3 Å². The van der Waals surface area contributed by atoms with Gasteiger partial charge in [-0.1, -0.05) is 20.8 Å². The molecule has 0 fully saturated rings. The topological polar surface area (TPSA) is 42.7 Å². The van der Waals surface area contributed by atoms with Crippen LogP contribution in [0.4, 0.5) is 5.69 Å². The number of rotatable bonds is 3. The Morgan fingerprint density at radius 1 is 1.39 bits per heavy atom. The molecule has 0 radical (unpaired) electrons. The monoisotopic (exact) mass is 264 g/mol. The van der Waals surface area contributed by atoms with Crippen molar-refractivity contribution < 1.29 is 0 Å². The molecular formula is C13H20N4S. The number of nitrogens with zero attached hydrogens (tertiary/aromatic N) is 3. The molecule has 0 aliphatic heterocycles. The molecule has 2 aromatic heterocycles. The van der Waals surface area contributed by atoms with E-state index in [1.807, 2.05) is 24.9 Å². The fraction of sp³-hybridized carbons (Fsp3) is 0.538. The highest BCUT2D eigenvalue weighted by Gasteiger charge is 2.17. The minimum absolute atomic E-state index is 0.124. The minimum atomic E-state index is 0.124. The predicted molar refractivity (Wildman–Crippen MR) is 76.1 cm³/mol. The second-order valence-electron chi connectivity index (χ2n) is 5.53. The van der Waals surface area contributed by atoms with Crippen molar-refractivity contribution in [2.45, 2.75) is 39.7 Å². The van der Waals surface area contributed by atoms with Gasteiger partial charge < -0.3 is 5.32 Å². The van der Waals surface area contributed by atoms with Crippen molar-refractivity contribution in [3.63, 3.8) is 0 Å². The van der Waals surface area contributed by atoms with Gasteiger partial charge in [0.25, 0.3) is 0 Å². The van der Waals surface area contributed by atoms with Crippen LogP contribution in [0.15, 0.2) is 11.6 Å². The van der Waals surface area contributed by atoms with Gasteiger partial charge in [0, 0.05) is 24.0 Å². The van der Waals surface area contributed by atoms with Crippen LogP contribution in [0.5, 0.6) is 0 Å². The van der Waals surface area contributed by atoms with Crippen molar-refractivity contribution in [1.29, 1.82) is 0 Å². The fourth-order valence-corrected chi connectivity index (χ4v) is 2.64. The maximum Gasteiger partial charge on any atom is 0.112 e. The lowest BCUT2D eigenvalue weighted by Gasteiger charge is -2.14. The van der Waals surface area contributed by atoms with E-state index >= 15 is 0 Å². The summed E-state index contributed by atoms with van der Waals surface area (Å²) >= 11 is 1.71. The van der Waals surface area contributed by atoms with Crippen LogP contribution in [0.3, 0.4) is 0 Å². The normalized spacial score (nSPS) is 11.8. The molecule has 0 aliphatic rings. The zero-order valence-corrected chi connectivity index (χ0v) is 12.4. The SMILES string of the molecule is Cc1nn(C)cc1NCc1nc(C(C)(C)C)cs1. The summed E-state index contributed by atoms with van der Waals surface area (Å²) in [4.78, 5) is 4.66. The number of aryl methyl sites for hydroxylation is 2. The predicted octanol–water partition coefficient (Wildman–Crippen LogP) is 3.09. The molecule has 0 bridgehead atoms. The zero-order chi connectivity index (χ0) is 13.3. The molecule has 2 heterocycles. The number of thiazole rings is 1. The van der Waals surface area contributed by atoms with Crippen LogP contribution >= 0.6 is 11.3 Å². The first kappa shape index (κ1) is 13.1. The molecule has 0 unspecified atom stereocenters. The molecule has 0 aliphatic carbocycles. The molecule has 4 nitrogen and oxygen atoms in total. The molecule has 0 amide bonds. The summed E-state index contributed by atoms with van der Waals surface area (Å²) in [5, 5.41) is 10.9.